The Balaban J connectivity index is 1.65. The van der Waals surface area contributed by atoms with Crippen LogP contribution in [0.5, 0.6) is 0 Å². The smallest absolute Gasteiger partial charge is 0.408 e. The normalized spacial score (nSPS) is 11.3. The third kappa shape index (κ3) is 5.66. The predicted molar refractivity (Wildman–Crippen MR) is 108 cm³/mol. The summed E-state index contributed by atoms with van der Waals surface area (Å²) in [7, 11) is 0. The van der Waals surface area contributed by atoms with E-state index in [1.807, 2.05) is 0 Å². The first-order valence-electron chi connectivity index (χ1n) is 9.35. The van der Waals surface area contributed by atoms with E-state index >= 15 is 0 Å². The van der Waals surface area contributed by atoms with E-state index in [-0.39, 0.29) is 29.0 Å². The average Bonchev–Trinajstić information content (AvgIpc) is 3.18. The molecule has 158 valence electrons. The second-order valence-electron chi connectivity index (χ2n) is 7.56. The molecular formula is C20H23N5O5. The van der Waals surface area contributed by atoms with Gasteiger partial charge < -0.3 is 19.8 Å². The summed E-state index contributed by atoms with van der Waals surface area (Å²) < 4.78 is 12.4. The molecule has 0 unspecified atom stereocenters. The Hall–Kier alpha value is -3.69. The lowest BCUT2D eigenvalue weighted by Gasteiger charge is -2.19. The number of rotatable bonds is 6. The van der Waals surface area contributed by atoms with Crippen LogP contribution in [0, 0.1) is 0 Å². The maximum atomic E-state index is 12.5. The summed E-state index contributed by atoms with van der Waals surface area (Å²) in [5.41, 5.74) is -0.272. The molecule has 1 aromatic carbocycles. The number of amides is 2. The molecule has 10 heteroatoms. The van der Waals surface area contributed by atoms with Gasteiger partial charge in [0.15, 0.2) is 5.43 Å². The zero-order valence-electron chi connectivity index (χ0n) is 17.0. The number of carbonyl (C=O) groups is 2. The molecular weight excluding hydrogens is 390 g/mol. The maximum absolute atomic E-state index is 12.5. The molecule has 2 heterocycles. The SMILES string of the molecule is CC(C)(C)OC(=O)NCc1cc(=O)c2cc(C(=O)NCCn3cncn3)ccc2o1. The van der Waals surface area contributed by atoms with Gasteiger partial charge in [-0.05, 0) is 39.0 Å². The van der Waals surface area contributed by atoms with Crippen LogP contribution in [-0.4, -0.2) is 38.9 Å². The minimum absolute atomic E-state index is 0.00458. The highest BCUT2D eigenvalue weighted by molar-refractivity contribution is 5.97. The molecule has 0 spiro atoms. The zero-order chi connectivity index (χ0) is 21.7. The van der Waals surface area contributed by atoms with Crippen LogP contribution in [0.25, 0.3) is 11.0 Å². The topological polar surface area (TPSA) is 128 Å². The van der Waals surface area contributed by atoms with E-state index in [4.69, 9.17) is 9.15 Å². The van der Waals surface area contributed by atoms with Gasteiger partial charge in [-0.15, -0.1) is 0 Å². The van der Waals surface area contributed by atoms with Crippen LogP contribution in [0.2, 0.25) is 0 Å². The van der Waals surface area contributed by atoms with Gasteiger partial charge in [0.05, 0.1) is 18.5 Å². The van der Waals surface area contributed by atoms with Crippen molar-refractivity contribution in [2.24, 2.45) is 0 Å². The molecule has 0 aliphatic carbocycles. The molecule has 0 fully saturated rings. The van der Waals surface area contributed by atoms with Crippen molar-refractivity contribution in [3.8, 4) is 0 Å². The van der Waals surface area contributed by atoms with Gasteiger partial charge in [-0.2, -0.15) is 5.10 Å². The summed E-state index contributed by atoms with van der Waals surface area (Å²) >= 11 is 0. The molecule has 0 atom stereocenters. The van der Waals surface area contributed by atoms with Crippen molar-refractivity contribution in [3.05, 3.63) is 58.5 Å². The summed E-state index contributed by atoms with van der Waals surface area (Å²) in [6.45, 7) is 6.12. The molecule has 30 heavy (non-hydrogen) atoms. The van der Waals surface area contributed by atoms with Crippen molar-refractivity contribution in [1.82, 2.24) is 25.4 Å². The number of benzene rings is 1. The number of ether oxygens (including phenoxy) is 1. The molecule has 0 saturated carbocycles. The standard InChI is InChI=1S/C20H23N5O5/c1-20(2,3)30-19(28)23-10-14-9-16(26)15-8-13(4-5-17(15)29-14)18(27)22-6-7-25-12-21-11-24-25/h4-5,8-9,11-12H,6-7,10H2,1-3H3,(H,22,27)(H,23,28). The van der Waals surface area contributed by atoms with Gasteiger partial charge in [0.2, 0.25) is 0 Å². The van der Waals surface area contributed by atoms with Crippen molar-refractivity contribution in [3.63, 3.8) is 0 Å². The largest absolute Gasteiger partial charge is 0.459 e. The molecule has 2 N–H and O–H groups in total. The summed E-state index contributed by atoms with van der Waals surface area (Å²) in [5.74, 6) is -0.0320. The first-order valence-corrected chi connectivity index (χ1v) is 9.35. The quantitative estimate of drug-likeness (QED) is 0.631. The third-order valence-corrected chi connectivity index (χ3v) is 3.94. The summed E-state index contributed by atoms with van der Waals surface area (Å²) in [5, 5.41) is 9.54. The van der Waals surface area contributed by atoms with Gasteiger partial charge in [-0.1, -0.05) is 0 Å². The minimum Gasteiger partial charge on any atom is -0.459 e. The number of aromatic nitrogens is 3. The molecule has 0 aliphatic heterocycles. The minimum atomic E-state index is -0.624. The van der Waals surface area contributed by atoms with Crippen LogP contribution >= 0.6 is 0 Å². The van der Waals surface area contributed by atoms with E-state index in [9.17, 15) is 14.4 Å². The van der Waals surface area contributed by atoms with Gasteiger partial charge in [0, 0.05) is 18.2 Å². The van der Waals surface area contributed by atoms with E-state index < -0.39 is 11.7 Å². The number of fused-ring (bicyclic) bond motifs is 1. The van der Waals surface area contributed by atoms with Crippen LogP contribution in [-0.2, 0) is 17.8 Å². The number of carbonyl (C=O) groups excluding carboxylic acids is 2. The Labute approximate surface area is 172 Å². The van der Waals surface area contributed by atoms with E-state index in [2.05, 4.69) is 20.7 Å². The molecule has 10 nitrogen and oxygen atoms in total. The van der Waals surface area contributed by atoms with Gasteiger partial charge >= 0.3 is 6.09 Å². The number of hydrogen-bond acceptors (Lipinski definition) is 7. The Morgan fingerprint density at radius 3 is 2.70 bits per heavy atom. The van der Waals surface area contributed by atoms with Crippen LogP contribution in [0.15, 0.2) is 46.1 Å². The lowest BCUT2D eigenvalue weighted by atomic mass is 10.1. The number of hydrogen-bond donors (Lipinski definition) is 2. The Morgan fingerprint density at radius 2 is 2.00 bits per heavy atom. The average molecular weight is 413 g/mol. The first kappa shape index (κ1) is 21.0. The number of nitrogens with zero attached hydrogens (tertiary/aromatic N) is 3. The van der Waals surface area contributed by atoms with Crippen molar-refractivity contribution in [1.29, 1.82) is 0 Å². The van der Waals surface area contributed by atoms with E-state index in [0.717, 1.165) is 0 Å². The zero-order valence-corrected chi connectivity index (χ0v) is 17.0. The monoisotopic (exact) mass is 413 g/mol. The molecule has 2 aromatic heterocycles. The maximum Gasteiger partial charge on any atom is 0.408 e. The summed E-state index contributed by atoms with van der Waals surface area (Å²) in [6.07, 6.45) is 2.37. The molecule has 3 aromatic rings. The first-order chi connectivity index (χ1) is 14.2. The fraction of sp³-hybridized carbons (Fsp3) is 0.350. The second kappa shape index (κ2) is 8.76. The Kier molecular flexibility index (Phi) is 6.14. The molecule has 0 aliphatic rings. The van der Waals surface area contributed by atoms with Gasteiger partial charge in [-0.3, -0.25) is 14.3 Å². The Morgan fingerprint density at radius 1 is 1.20 bits per heavy atom. The van der Waals surface area contributed by atoms with Gasteiger partial charge in [0.25, 0.3) is 5.91 Å². The highest BCUT2D eigenvalue weighted by Crippen LogP contribution is 2.15. The Bertz CT molecular complexity index is 1100. The van der Waals surface area contributed by atoms with Crippen molar-refractivity contribution >= 4 is 23.0 Å². The molecule has 0 saturated heterocycles. The van der Waals surface area contributed by atoms with Crippen molar-refractivity contribution in [2.45, 2.75) is 39.5 Å². The molecule has 3 rings (SSSR count). The highest BCUT2D eigenvalue weighted by Gasteiger charge is 2.16. The van der Waals surface area contributed by atoms with Crippen molar-refractivity contribution in [2.75, 3.05) is 6.54 Å². The predicted octanol–water partition coefficient (Wildman–Crippen LogP) is 1.84. The highest BCUT2D eigenvalue weighted by atomic mass is 16.6. The molecule has 2 amide bonds. The van der Waals surface area contributed by atoms with Crippen LogP contribution in [0.1, 0.15) is 36.9 Å². The van der Waals surface area contributed by atoms with Gasteiger partial charge in [-0.25, -0.2) is 9.78 Å². The van der Waals surface area contributed by atoms with Gasteiger partial charge in [0.1, 0.15) is 29.6 Å². The molecule has 0 radical (unpaired) electrons. The third-order valence-electron chi connectivity index (χ3n) is 3.94. The van der Waals surface area contributed by atoms with E-state index in [0.29, 0.717) is 24.2 Å². The van der Waals surface area contributed by atoms with Crippen molar-refractivity contribution < 1.29 is 18.7 Å². The second-order valence-corrected chi connectivity index (χ2v) is 7.56. The molecule has 0 bridgehead atoms. The summed E-state index contributed by atoms with van der Waals surface area (Å²) in [4.78, 5) is 40.4. The fourth-order valence-electron chi connectivity index (χ4n) is 2.64. The fourth-order valence-corrected chi connectivity index (χ4v) is 2.64. The lowest BCUT2D eigenvalue weighted by molar-refractivity contribution is 0.0519. The lowest BCUT2D eigenvalue weighted by Crippen LogP contribution is -2.32. The number of alkyl carbamates (subject to hydrolysis) is 1. The van der Waals surface area contributed by atoms with Crippen LogP contribution < -0.4 is 16.1 Å². The summed E-state index contributed by atoms with van der Waals surface area (Å²) in [6, 6.07) is 5.89. The van der Waals surface area contributed by atoms with Crippen LogP contribution in [0.4, 0.5) is 4.79 Å². The number of nitrogens with one attached hydrogen (secondary N) is 2. The van der Waals surface area contributed by atoms with E-state index in [1.165, 1.54) is 18.5 Å². The van der Waals surface area contributed by atoms with E-state index in [1.54, 1.807) is 43.9 Å². The van der Waals surface area contributed by atoms with Crippen LogP contribution in [0.3, 0.4) is 0 Å².